The number of aromatic nitrogens is 4. The smallest absolute Gasteiger partial charge is 0.156 e. The monoisotopic (exact) mass is 367 g/mol. The van der Waals surface area contributed by atoms with Gasteiger partial charge in [0, 0.05) is 11.4 Å². The van der Waals surface area contributed by atoms with Gasteiger partial charge in [0.2, 0.25) is 0 Å². The Balaban J connectivity index is 1.57. The molecule has 25 heavy (non-hydrogen) atoms. The third-order valence-corrected chi connectivity index (χ3v) is 6.68. The summed E-state index contributed by atoms with van der Waals surface area (Å²) in [6.45, 7) is 6.09. The Morgan fingerprint density at radius 2 is 2.08 bits per heavy atom. The molecule has 7 heteroatoms. The first-order valence-electron chi connectivity index (χ1n) is 8.32. The number of thiazole rings is 1. The van der Waals surface area contributed by atoms with Crippen molar-refractivity contribution in [2.45, 2.75) is 20.3 Å². The summed E-state index contributed by atoms with van der Waals surface area (Å²) >= 11 is 3.51. The van der Waals surface area contributed by atoms with Gasteiger partial charge in [0.1, 0.15) is 15.5 Å². The van der Waals surface area contributed by atoms with Crippen LogP contribution in [0.3, 0.4) is 0 Å². The van der Waals surface area contributed by atoms with E-state index in [0.717, 1.165) is 51.9 Å². The number of imidazole rings is 1. The van der Waals surface area contributed by atoms with Crippen LogP contribution in [0.25, 0.3) is 31.5 Å². The third-order valence-electron chi connectivity index (χ3n) is 4.42. The van der Waals surface area contributed by atoms with Crippen LogP contribution in [0.4, 0.5) is 0 Å². The molecular weight excluding hydrogens is 350 g/mol. The van der Waals surface area contributed by atoms with E-state index in [2.05, 4.69) is 35.4 Å². The van der Waals surface area contributed by atoms with Gasteiger partial charge in [-0.2, -0.15) is 5.10 Å². The number of thiophene rings is 1. The molecule has 0 fully saturated rings. The molecule has 0 bridgehead atoms. The third kappa shape index (κ3) is 2.59. The van der Waals surface area contributed by atoms with Gasteiger partial charge in [-0.1, -0.05) is 6.08 Å². The predicted molar refractivity (Wildman–Crippen MR) is 104 cm³/mol. The molecule has 5 heterocycles. The fourth-order valence-corrected chi connectivity index (χ4v) is 5.44. The van der Waals surface area contributed by atoms with Crippen molar-refractivity contribution in [2.75, 3.05) is 13.1 Å². The summed E-state index contributed by atoms with van der Waals surface area (Å²) in [5, 5.41) is 9.04. The molecule has 0 spiro atoms. The highest BCUT2D eigenvalue weighted by Crippen LogP contribution is 2.38. The Morgan fingerprint density at radius 1 is 1.16 bits per heavy atom. The Labute approximate surface area is 153 Å². The number of rotatable bonds is 2. The molecule has 126 valence electrons. The van der Waals surface area contributed by atoms with E-state index in [0.29, 0.717) is 0 Å². The van der Waals surface area contributed by atoms with E-state index >= 15 is 0 Å². The van der Waals surface area contributed by atoms with Crippen LogP contribution < -0.4 is 5.32 Å². The minimum Gasteiger partial charge on any atom is -0.313 e. The van der Waals surface area contributed by atoms with E-state index in [1.165, 1.54) is 15.2 Å². The largest absolute Gasteiger partial charge is 0.313 e. The minimum absolute atomic E-state index is 0.915. The van der Waals surface area contributed by atoms with Gasteiger partial charge < -0.3 is 5.32 Å². The van der Waals surface area contributed by atoms with Crippen LogP contribution >= 0.6 is 22.7 Å². The van der Waals surface area contributed by atoms with E-state index in [4.69, 9.17) is 10.1 Å². The predicted octanol–water partition coefficient (Wildman–Crippen LogP) is 4.06. The number of fused-ring (bicyclic) bond motifs is 2. The lowest BCUT2D eigenvalue weighted by atomic mass is 10.1. The number of nitrogens with one attached hydrogen (secondary N) is 1. The molecule has 1 aliphatic heterocycles. The fraction of sp³-hybridized carbons (Fsp3) is 0.278. The molecule has 0 saturated carbocycles. The van der Waals surface area contributed by atoms with Gasteiger partial charge in [0.25, 0.3) is 0 Å². The van der Waals surface area contributed by atoms with Crippen LogP contribution in [-0.2, 0) is 0 Å². The van der Waals surface area contributed by atoms with Gasteiger partial charge in [-0.15, -0.1) is 22.7 Å². The van der Waals surface area contributed by atoms with Crippen molar-refractivity contribution in [3.63, 3.8) is 0 Å². The zero-order chi connectivity index (χ0) is 17.0. The van der Waals surface area contributed by atoms with Crippen molar-refractivity contribution < 1.29 is 0 Å². The molecule has 0 saturated heterocycles. The van der Waals surface area contributed by atoms with Crippen LogP contribution in [0, 0.1) is 13.8 Å². The Morgan fingerprint density at radius 3 is 2.88 bits per heavy atom. The number of hydrogen-bond acceptors (Lipinski definition) is 6. The van der Waals surface area contributed by atoms with E-state index in [-0.39, 0.29) is 0 Å². The summed E-state index contributed by atoms with van der Waals surface area (Å²) in [7, 11) is 0. The second-order valence-corrected chi connectivity index (χ2v) is 8.41. The van der Waals surface area contributed by atoms with Crippen molar-refractivity contribution in [3.8, 4) is 10.7 Å². The standard InChI is InChI=1S/C18H17N5S2/c1-10-7-13(22-23-9-11(2)20-16(10)23)17-21-18-15(25-17)8-14(24-18)12-3-5-19-6-4-12/h3,7-9,19H,4-6H2,1-2H3. The lowest BCUT2D eigenvalue weighted by molar-refractivity contribution is 0.739. The second-order valence-electron chi connectivity index (χ2n) is 6.35. The molecule has 0 aliphatic carbocycles. The van der Waals surface area contributed by atoms with Gasteiger partial charge in [-0.25, -0.2) is 14.5 Å². The molecule has 5 nitrogen and oxygen atoms in total. The van der Waals surface area contributed by atoms with Crippen LogP contribution in [-0.4, -0.2) is 32.7 Å². The first kappa shape index (κ1) is 15.2. The van der Waals surface area contributed by atoms with Gasteiger partial charge in [-0.3, -0.25) is 0 Å². The average Bonchev–Trinajstić information content (AvgIpc) is 3.27. The van der Waals surface area contributed by atoms with Crippen molar-refractivity contribution in [1.82, 2.24) is 24.9 Å². The van der Waals surface area contributed by atoms with Crippen LogP contribution in [0.1, 0.15) is 22.6 Å². The summed E-state index contributed by atoms with van der Waals surface area (Å²) in [6, 6.07) is 4.37. The molecule has 0 atom stereocenters. The average molecular weight is 368 g/mol. The highest BCUT2D eigenvalue weighted by Gasteiger charge is 2.16. The fourth-order valence-electron chi connectivity index (χ4n) is 3.20. The van der Waals surface area contributed by atoms with E-state index in [1.807, 2.05) is 17.6 Å². The topological polar surface area (TPSA) is 55.1 Å². The number of hydrogen-bond donors (Lipinski definition) is 1. The van der Waals surface area contributed by atoms with Crippen molar-refractivity contribution in [1.29, 1.82) is 0 Å². The maximum absolute atomic E-state index is 4.85. The Hall–Kier alpha value is -2.09. The maximum Gasteiger partial charge on any atom is 0.156 e. The van der Waals surface area contributed by atoms with E-state index in [9.17, 15) is 0 Å². The van der Waals surface area contributed by atoms with E-state index < -0.39 is 0 Å². The quantitative estimate of drug-likeness (QED) is 0.580. The summed E-state index contributed by atoms with van der Waals surface area (Å²) in [4.78, 5) is 11.8. The summed E-state index contributed by atoms with van der Waals surface area (Å²) in [5.41, 5.74) is 5.38. The first-order chi connectivity index (χ1) is 12.2. The lowest BCUT2D eigenvalue weighted by Crippen LogP contribution is -2.19. The molecule has 4 aromatic rings. The van der Waals surface area contributed by atoms with Gasteiger partial charge >= 0.3 is 0 Å². The summed E-state index contributed by atoms with van der Waals surface area (Å²) in [6.07, 6.45) is 5.35. The molecular formula is C18H17N5S2. The van der Waals surface area contributed by atoms with Crippen molar-refractivity contribution in [2.24, 2.45) is 0 Å². The van der Waals surface area contributed by atoms with Gasteiger partial charge in [-0.05, 0) is 50.1 Å². The zero-order valence-electron chi connectivity index (χ0n) is 14.0. The van der Waals surface area contributed by atoms with Gasteiger partial charge in [0.05, 0.1) is 16.6 Å². The number of nitrogens with zero attached hydrogens (tertiary/aromatic N) is 4. The van der Waals surface area contributed by atoms with Crippen LogP contribution in [0.15, 0.2) is 24.4 Å². The van der Waals surface area contributed by atoms with Gasteiger partial charge in [0.15, 0.2) is 5.65 Å². The molecule has 0 radical (unpaired) electrons. The SMILES string of the molecule is Cc1cn2nc(-c3nc4sc(C5=CCNCC5)cc4s3)cc(C)c2n1. The van der Waals surface area contributed by atoms with Crippen molar-refractivity contribution in [3.05, 3.63) is 40.5 Å². The van der Waals surface area contributed by atoms with E-state index in [1.54, 1.807) is 22.7 Å². The second kappa shape index (κ2) is 5.72. The van der Waals surface area contributed by atoms with Crippen LogP contribution in [0.2, 0.25) is 0 Å². The molecule has 5 rings (SSSR count). The van der Waals surface area contributed by atoms with Crippen molar-refractivity contribution >= 4 is 43.4 Å². The maximum atomic E-state index is 4.85. The summed E-state index contributed by atoms with van der Waals surface area (Å²) in [5.74, 6) is 0. The zero-order valence-corrected chi connectivity index (χ0v) is 15.7. The summed E-state index contributed by atoms with van der Waals surface area (Å²) < 4.78 is 3.11. The molecule has 1 aliphatic rings. The Bertz CT molecular complexity index is 1100. The first-order valence-corrected chi connectivity index (χ1v) is 9.95. The Kier molecular flexibility index (Phi) is 3.48. The molecule has 0 aromatic carbocycles. The number of aryl methyl sites for hydroxylation is 2. The normalized spacial score (nSPS) is 15.2. The highest BCUT2D eigenvalue weighted by molar-refractivity contribution is 7.29. The highest BCUT2D eigenvalue weighted by atomic mass is 32.1. The molecule has 0 unspecified atom stereocenters. The van der Waals surface area contributed by atoms with Crippen LogP contribution in [0.5, 0.6) is 0 Å². The minimum atomic E-state index is 0.915. The molecule has 0 amide bonds. The molecule has 1 N–H and O–H groups in total. The molecule has 4 aromatic heterocycles. The lowest BCUT2D eigenvalue weighted by Gasteiger charge is -2.11.